The van der Waals surface area contributed by atoms with Gasteiger partial charge in [0.1, 0.15) is 5.75 Å². The average molecular weight is 308 g/mol. The van der Waals surface area contributed by atoms with Crippen LogP contribution in [0.2, 0.25) is 0 Å². The van der Waals surface area contributed by atoms with E-state index in [-0.39, 0.29) is 5.91 Å². The van der Waals surface area contributed by atoms with Gasteiger partial charge >= 0.3 is 0 Å². The first-order valence-corrected chi connectivity index (χ1v) is 8.12. The van der Waals surface area contributed by atoms with Gasteiger partial charge in [0.05, 0.1) is 11.3 Å². The molecule has 0 fully saturated rings. The SMILES string of the molecule is Cc1cc(C)c2c(c1)NC(=O)C2=Cc1[nH]c2c(c1O)CCCC2. The molecule has 0 bridgehead atoms. The van der Waals surface area contributed by atoms with Crippen molar-refractivity contribution in [3.63, 3.8) is 0 Å². The van der Waals surface area contributed by atoms with Crippen LogP contribution in [0.3, 0.4) is 0 Å². The molecule has 1 aromatic heterocycles. The lowest BCUT2D eigenvalue weighted by molar-refractivity contribution is -0.110. The van der Waals surface area contributed by atoms with E-state index >= 15 is 0 Å². The molecule has 2 heterocycles. The molecule has 3 N–H and O–H groups in total. The zero-order valence-corrected chi connectivity index (χ0v) is 13.4. The van der Waals surface area contributed by atoms with Crippen molar-refractivity contribution in [3.8, 4) is 5.75 Å². The molecular formula is C19H20N2O2. The van der Waals surface area contributed by atoms with Crippen molar-refractivity contribution in [3.05, 3.63) is 45.8 Å². The van der Waals surface area contributed by atoms with Gasteiger partial charge in [-0.25, -0.2) is 0 Å². The van der Waals surface area contributed by atoms with Crippen LogP contribution in [0, 0.1) is 13.8 Å². The molecule has 4 rings (SSSR count). The average Bonchev–Trinajstić information content (AvgIpc) is 2.98. The summed E-state index contributed by atoms with van der Waals surface area (Å²) < 4.78 is 0. The summed E-state index contributed by atoms with van der Waals surface area (Å²) in [6.45, 7) is 4.03. The van der Waals surface area contributed by atoms with Crippen molar-refractivity contribution in [1.82, 2.24) is 4.98 Å². The highest BCUT2D eigenvalue weighted by Crippen LogP contribution is 2.39. The smallest absolute Gasteiger partial charge is 0.256 e. The Hall–Kier alpha value is -2.49. The highest BCUT2D eigenvalue weighted by atomic mass is 16.3. The lowest BCUT2D eigenvalue weighted by atomic mass is 9.96. The number of aromatic hydroxyl groups is 1. The van der Waals surface area contributed by atoms with E-state index in [2.05, 4.69) is 16.4 Å². The first kappa shape index (κ1) is 14.1. The van der Waals surface area contributed by atoms with Crippen LogP contribution in [0.5, 0.6) is 5.75 Å². The molecule has 1 aliphatic carbocycles. The minimum Gasteiger partial charge on any atom is -0.505 e. The third-order valence-electron chi connectivity index (χ3n) is 4.83. The largest absolute Gasteiger partial charge is 0.505 e. The summed E-state index contributed by atoms with van der Waals surface area (Å²) in [6.07, 6.45) is 5.91. The summed E-state index contributed by atoms with van der Waals surface area (Å²) in [6, 6.07) is 4.06. The molecule has 2 aliphatic rings. The van der Waals surface area contributed by atoms with E-state index in [0.717, 1.165) is 59.3 Å². The highest BCUT2D eigenvalue weighted by Gasteiger charge is 2.27. The van der Waals surface area contributed by atoms with Crippen molar-refractivity contribution in [2.75, 3.05) is 5.32 Å². The van der Waals surface area contributed by atoms with Gasteiger partial charge in [0, 0.05) is 22.5 Å². The predicted molar refractivity (Wildman–Crippen MR) is 91.5 cm³/mol. The molecule has 0 unspecified atom stereocenters. The Balaban J connectivity index is 1.85. The Morgan fingerprint density at radius 2 is 1.96 bits per heavy atom. The fourth-order valence-electron chi connectivity index (χ4n) is 3.80. The maximum Gasteiger partial charge on any atom is 0.256 e. The van der Waals surface area contributed by atoms with Gasteiger partial charge in [-0.3, -0.25) is 4.79 Å². The van der Waals surface area contributed by atoms with Crippen LogP contribution in [0.15, 0.2) is 12.1 Å². The van der Waals surface area contributed by atoms with Crippen LogP contribution in [-0.4, -0.2) is 16.0 Å². The van der Waals surface area contributed by atoms with Gasteiger partial charge in [0.25, 0.3) is 5.91 Å². The Morgan fingerprint density at radius 1 is 1.17 bits per heavy atom. The Bertz CT molecular complexity index is 859. The molecule has 0 saturated carbocycles. The quantitative estimate of drug-likeness (QED) is 0.703. The zero-order valence-electron chi connectivity index (χ0n) is 13.4. The first-order chi connectivity index (χ1) is 11.0. The van der Waals surface area contributed by atoms with Crippen LogP contribution >= 0.6 is 0 Å². The van der Waals surface area contributed by atoms with E-state index in [1.54, 1.807) is 6.08 Å². The number of anilines is 1. The molecule has 0 saturated heterocycles. The number of hydrogen-bond acceptors (Lipinski definition) is 2. The number of carbonyl (C=O) groups excluding carboxylic acids is 1. The van der Waals surface area contributed by atoms with Gasteiger partial charge in [-0.05, 0) is 62.8 Å². The lowest BCUT2D eigenvalue weighted by Gasteiger charge is -2.09. The fraction of sp³-hybridized carbons (Fsp3) is 0.316. The number of carbonyl (C=O) groups is 1. The molecule has 118 valence electrons. The molecule has 23 heavy (non-hydrogen) atoms. The number of aromatic nitrogens is 1. The maximum absolute atomic E-state index is 12.4. The molecule has 4 nitrogen and oxygen atoms in total. The number of nitrogens with one attached hydrogen (secondary N) is 2. The van der Waals surface area contributed by atoms with Crippen molar-refractivity contribution < 1.29 is 9.90 Å². The number of hydrogen-bond donors (Lipinski definition) is 3. The first-order valence-electron chi connectivity index (χ1n) is 8.12. The second kappa shape index (κ2) is 5.01. The Labute approximate surface area is 135 Å². The predicted octanol–water partition coefficient (Wildman–Crippen LogP) is 3.71. The molecule has 1 amide bonds. The summed E-state index contributed by atoms with van der Waals surface area (Å²) in [5, 5.41) is 13.4. The van der Waals surface area contributed by atoms with E-state index in [1.807, 2.05) is 19.9 Å². The van der Waals surface area contributed by atoms with Gasteiger partial charge in [-0.1, -0.05) is 6.07 Å². The summed E-state index contributed by atoms with van der Waals surface area (Å²) in [4.78, 5) is 15.7. The fourth-order valence-corrected chi connectivity index (χ4v) is 3.80. The van der Waals surface area contributed by atoms with Gasteiger partial charge in [-0.2, -0.15) is 0 Å². The summed E-state index contributed by atoms with van der Waals surface area (Å²) in [5.74, 6) is 0.193. The van der Waals surface area contributed by atoms with Crippen LogP contribution < -0.4 is 5.32 Å². The second-order valence-electron chi connectivity index (χ2n) is 6.57. The number of H-pyrrole nitrogens is 1. The third-order valence-corrected chi connectivity index (χ3v) is 4.83. The van der Waals surface area contributed by atoms with Gasteiger partial charge in [0.2, 0.25) is 0 Å². The summed E-state index contributed by atoms with van der Waals surface area (Å²) >= 11 is 0. The van der Waals surface area contributed by atoms with Gasteiger partial charge in [-0.15, -0.1) is 0 Å². The minimum atomic E-state index is -0.110. The maximum atomic E-state index is 12.4. The zero-order chi connectivity index (χ0) is 16.1. The number of aromatic amines is 1. The molecule has 1 aromatic carbocycles. The molecule has 2 aromatic rings. The minimum absolute atomic E-state index is 0.110. The van der Waals surface area contributed by atoms with Gasteiger partial charge < -0.3 is 15.4 Å². The molecule has 4 heteroatoms. The van der Waals surface area contributed by atoms with E-state index < -0.39 is 0 Å². The molecule has 0 spiro atoms. The molecule has 1 aliphatic heterocycles. The monoisotopic (exact) mass is 308 g/mol. The Morgan fingerprint density at radius 3 is 2.74 bits per heavy atom. The van der Waals surface area contributed by atoms with E-state index in [9.17, 15) is 9.90 Å². The molecule has 0 atom stereocenters. The van der Waals surface area contributed by atoms with Crippen molar-refractivity contribution in [2.45, 2.75) is 39.5 Å². The summed E-state index contributed by atoms with van der Waals surface area (Å²) in [5.41, 5.74) is 7.38. The van der Waals surface area contributed by atoms with E-state index in [0.29, 0.717) is 17.0 Å². The molecule has 0 radical (unpaired) electrons. The van der Waals surface area contributed by atoms with Crippen LogP contribution in [0.1, 0.15) is 46.5 Å². The lowest BCUT2D eigenvalue weighted by Crippen LogP contribution is -2.03. The van der Waals surface area contributed by atoms with Crippen molar-refractivity contribution in [2.24, 2.45) is 0 Å². The van der Waals surface area contributed by atoms with Crippen LogP contribution in [0.25, 0.3) is 11.6 Å². The number of amides is 1. The highest BCUT2D eigenvalue weighted by molar-refractivity contribution is 6.35. The van der Waals surface area contributed by atoms with Crippen LogP contribution in [-0.2, 0) is 17.6 Å². The van der Waals surface area contributed by atoms with E-state index in [4.69, 9.17) is 0 Å². The number of fused-ring (bicyclic) bond motifs is 2. The number of benzene rings is 1. The number of rotatable bonds is 1. The second-order valence-corrected chi connectivity index (χ2v) is 6.57. The standard InChI is InChI=1S/C19H20N2O2/c1-10-7-11(2)17-13(19(23)21-15(17)8-10)9-16-18(22)12-5-3-4-6-14(12)20-16/h7-9,20,22H,3-6H2,1-2H3,(H,21,23). The normalized spacial score (nSPS) is 18.0. The third kappa shape index (κ3) is 2.17. The van der Waals surface area contributed by atoms with Crippen molar-refractivity contribution >= 4 is 23.2 Å². The number of aryl methyl sites for hydroxylation is 3. The topological polar surface area (TPSA) is 65.1 Å². The molecular weight excluding hydrogens is 288 g/mol. The van der Waals surface area contributed by atoms with Gasteiger partial charge in [0.15, 0.2) is 0 Å². The Kier molecular flexibility index (Phi) is 3.08. The van der Waals surface area contributed by atoms with Crippen LogP contribution in [0.4, 0.5) is 5.69 Å². The van der Waals surface area contributed by atoms with E-state index in [1.165, 1.54) is 0 Å². The summed E-state index contributed by atoms with van der Waals surface area (Å²) in [7, 11) is 0. The van der Waals surface area contributed by atoms with Crippen molar-refractivity contribution in [1.29, 1.82) is 0 Å².